The van der Waals surface area contributed by atoms with Gasteiger partial charge >= 0.3 is 6.09 Å². The fourth-order valence-electron chi connectivity index (χ4n) is 2.04. The lowest BCUT2D eigenvalue weighted by Crippen LogP contribution is -2.23. The van der Waals surface area contributed by atoms with Gasteiger partial charge in [0, 0.05) is 6.54 Å². The highest BCUT2D eigenvalue weighted by molar-refractivity contribution is 6.18. The van der Waals surface area contributed by atoms with Crippen LogP contribution < -0.4 is 14.8 Å². The second-order valence-corrected chi connectivity index (χ2v) is 5.32. The van der Waals surface area contributed by atoms with Gasteiger partial charge in [-0.2, -0.15) is 0 Å². The molecule has 0 aliphatic carbocycles. The molecule has 0 unspecified atom stereocenters. The summed E-state index contributed by atoms with van der Waals surface area (Å²) in [5.74, 6) is 1.60. The number of hydrogen-bond donors (Lipinski definition) is 1. The lowest BCUT2D eigenvalue weighted by Gasteiger charge is -2.12. The minimum absolute atomic E-state index is 0.235. The number of amides is 1. The minimum atomic E-state index is -0.474. The zero-order chi connectivity index (χ0) is 17.2. The summed E-state index contributed by atoms with van der Waals surface area (Å²) in [5.41, 5.74) is 1.81. The smallest absolute Gasteiger partial charge is 0.407 e. The van der Waals surface area contributed by atoms with Crippen molar-refractivity contribution in [2.24, 2.45) is 0 Å². The van der Waals surface area contributed by atoms with Crippen molar-refractivity contribution >= 4 is 17.7 Å². The highest BCUT2D eigenvalue weighted by Crippen LogP contribution is 2.28. The molecule has 0 bridgehead atoms. The molecule has 1 amide bonds. The van der Waals surface area contributed by atoms with Crippen LogP contribution in [0.15, 0.2) is 48.5 Å². The number of alkyl halides is 1. The maximum absolute atomic E-state index is 11.8. The monoisotopic (exact) mass is 349 g/mol. The van der Waals surface area contributed by atoms with Crippen molar-refractivity contribution in [2.75, 3.05) is 19.6 Å². The van der Waals surface area contributed by atoms with Crippen molar-refractivity contribution in [3.05, 3.63) is 59.7 Å². The molecule has 0 atom stereocenters. The normalized spacial score (nSPS) is 10.1. The molecule has 6 heteroatoms. The molecule has 0 saturated heterocycles. The Morgan fingerprint density at radius 1 is 1.08 bits per heavy atom. The number of halogens is 1. The van der Waals surface area contributed by atoms with Gasteiger partial charge in [0.15, 0.2) is 11.5 Å². The van der Waals surface area contributed by atoms with E-state index in [0.29, 0.717) is 30.5 Å². The van der Waals surface area contributed by atoms with E-state index in [1.165, 1.54) is 0 Å². The van der Waals surface area contributed by atoms with E-state index in [1.807, 2.05) is 42.5 Å². The Kier molecular flexibility index (Phi) is 7.23. The summed E-state index contributed by atoms with van der Waals surface area (Å²) in [6.07, 6.45) is -0.474. The summed E-state index contributed by atoms with van der Waals surface area (Å²) in [6, 6.07) is 15.0. The molecule has 128 valence electrons. The summed E-state index contributed by atoms with van der Waals surface area (Å²) >= 11 is 5.64. The lowest BCUT2D eigenvalue weighted by atomic mass is 10.2. The fourth-order valence-corrected chi connectivity index (χ4v) is 2.12. The highest BCUT2D eigenvalue weighted by Gasteiger charge is 2.08. The molecule has 2 aromatic rings. The highest BCUT2D eigenvalue weighted by atomic mass is 35.5. The molecule has 1 N–H and O–H groups in total. The van der Waals surface area contributed by atoms with Crippen LogP contribution in [-0.2, 0) is 17.9 Å². The Hall–Kier alpha value is -2.40. The molecule has 0 spiro atoms. The van der Waals surface area contributed by atoms with E-state index >= 15 is 0 Å². The van der Waals surface area contributed by atoms with E-state index < -0.39 is 6.09 Å². The van der Waals surface area contributed by atoms with E-state index in [1.54, 1.807) is 13.2 Å². The average molecular weight is 350 g/mol. The topological polar surface area (TPSA) is 56.8 Å². The number of benzene rings is 2. The molecule has 0 aliphatic heterocycles. The van der Waals surface area contributed by atoms with Gasteiger partial charge in [-0.3, -0.25) is 0 Å². The van der Waals surface area contributed by atoms with Crippen molar-refractivity contribution in [3.8, 4) is 11.5 Å². The molecule has 0 aliphatic rings. The third-order valence-electron chi connectivity index (χ3n) is 3.21. The zero-order valence-electron chi connectivity index (χ0n) is 13.5. The molecule has 0 radical (unpaired) electrons. The Morgan fingerprint density at radius 3 is 2.58 bits per heavy atom. The van der Waals surface area contributed by atoms with E-state index in [-0.39, 0.29) is 6.61 Å². The Balaban J connectivity index is 1.85. The van der Waals surface area contributed by atoms with Crippen molar-refractivity contribution in [1.29, 1.82) is 0 Å². The summed E-state index contributed by atoms with van der Waals surface area (Å²) in [4.78, 5) is 11.8. The first-order valence-electron chi connectivity index (χ1n) is 7.53. The van der Waals surface area contributed by atoms with E-state index in [2.05, 4.69) is 5.32 Å². The summed E-state index contributed by atoms with van der Waals surface area (Å²) < 4.78 is 15.9. The van der Waals surface area contributed by atoms with Crippen molar-refractivity contribution < 1.29 is 19.0 Å². The van der Waals surface area contributed by atoms with Gasteiger partial charge in [0.25, 0.3) is 0 Å². The largest absolute Gasteiger partial charge is 0.493 e. The van der Waals surface area contributed by atoms with Gasteiger partial charge in [0.2, 0.25) is 0 Å². The molecule has 5 nitrogen and oxygen atoms in total. The second kappa shape index (κ2) is 9.67. The predicted molar refractivity (Wildman–Crippen MR) is 92.7 cm³/mol. The SMILES string of the molecule is COc1ccc(CNC(=O)OCc2ccccc2)cc1OCCCl. The van der Waals surface area contributed by atoms with E-state index in [9.17, 15) is 4.79 Å². The molecule has 2 aromatic carbocycles. The maximum atomic E-state index is 11.8. The molecule has 2 rings (SSSR count). The van der Waals surface area contributed by atoms with Crippen molar-refractivity contribution in [2.45, 2.75) is 13.2 Å². The first-order chi connectivity index (χ1) is 11.7. The van der Waals surface area contributed by atoms with E-state index in [4.69, 9.17) is 25.8 Å². The number of alkyl carbamates (subject to hydrolysis) is 1. The number of carbonyl (C=O) groups excluding carboxylic acids is 1. The molecule has 0 saturated carbocycles. The number of hydrogen-bond acceptors (Lipinski definition) is 4. The van der Waals surface area contributed by atoms with Crippen LogP contribution in [-0.4, -0.2) is 25.7 Å². The van der Waals surface area contributed by atoms with Crippen LogP contribution in [0, 0.1) is 0 Å². The van der Waals surface area contributed by atoms with Crippen LogP contribution in [0.1, 0.15) is 11.1 Å². The van der Waals surface area contributed by atoms with Crippen LogP contribution in [0.5, 0.6) is 11.5 Å². The number of methoxy groups -OCH3 is 1. The molecule has 0 aromatic heterocycles. The van der Waals surface area contributed by atoms with Gasteiger partial charge in [0.1, 0.15) is 13.2 Å². The molecule has 0 heterocycles. The van der Waals surface area contributed by atoms with Crippen LogP contribution in [0.4, 0.5) is 4.79 Å². The van der Waals surface area contributed by atoms with Crippen LogP contribution in [0.25, 0.3) is 0 Å². The van der Waals surface area contributed by atoms with Gasteiger partial charge in [-0.05, 0) is 23.3 Å². The maximum Gasteiger partial charge on any atom is 0.407 e. The van der Waals surface area contributed by atoms with Crippen molar-refractivity contribution in [1.82, 2.24) is 5.32 Å². The Bertz CT molecular complexity index is 649. The van der Waals surface area contributed by atoms with Gasteiger partial charge in [0.05, 0.1) is 13.0 Å². The first-order valence-corrected chi connectivity index (χ1v) is 8.06. The Labute approximate surface area is 146 Å². The number of ether oxygens (including phenoxy) is 3. The number of carbonyl (C=O) groups is 1. The quantitative estimate of drug-likeness (QED) is 0.738. The fraction of sp³-hybridized carbons (Fsp3) is 0.278. The van der Waals surface area contributed by atoms with Crippen LogP contribution in [0.2, 0.25) is 0 Å². The second-order valence-electron chi connectivity index (χ2n) is 4.94. The van der Waals surface area contributed by atoms with Crippen LogP contribution in [0.3, 0.4) is 0 Å². The van der Waals surface area contributed by atoms with E-state index in [0.717, 1.165) is 11.1 Å². The lowest BCUT2D eigenvalue weighted by molar-refractivity contribution is 0.139. The average Bonchev–Trinajstić information content (AvgIpc) is 2.63. The minimum Gasteiger partial charge on any atom is -0.493 e. The summed E-state index contributed by atoms with van der Waals surface area (Å²) in [6.45, 7) is 0.947. The Morgan fingerprint density at radius 2 is 1.88 bits per heavy atom. The third kappa shape index (κ3) is 5.66. The van der Waals surface area contributed by atoms with Gasteiger partial charge in [-0.1, -0.05) is 36.4 Å². The molecule has 0 fully saturated rings. The van der Waals surface area contributed by atoms with Gasteiger partial charge < -0.3 is 19.5 Å². The third-order valence-corrected chi connectivity index (χ3v) is 3.37. The molecule has 24 heavy (non-hydrogen) atoms. The van der Waals surface area contributed by atoms with Crippen LogP contribution >= 0.6 is 11.6 Å². The number of nitrogens with one attached hydrogen (secondary N) is 1. The van der Waals surface area contributed by atoms with Crippen molar-refractivity contribution in [3.63, 3.8) is 0 Å². The summed E-state index contributed by atoms with van der Waals surface area (Å²) in [5, 5.41) is 2.71. The standard InChI is InChI=1S/C18H20ClNO4/c1-22-16-8-7-15(11-17(16)23-10-9-19)12-20-18(21)24-13-14-5-3-2-4-6-14/h2-8,11H,9-10,12-13H2,1H3,(H,20,21). The predicted octanol–water partition coefficient (Wildman–Crippen LogP) is 3.74. The van der Waals surface area contributed by atoms with Gasteiger partial charge in [-0.25, -0.2) is 4.79 Å². The van der Waals surface area contributed by atoms with Gasteiger partial charge in [-0.15, -0.1) is 11.6 Å². The molecular formula is C18H20ClNO4. The summed E-state index contributed by atoms with van der Waals surface area (Å²) in [7, 11) is 1.57. The zero-order valence-corrected chi connectivity index (χ0v) is 14.2. The first kappa shape index (κ1) is 17.9. The molecular weight excluding hydrogens is 330 g/mol. The number of rotatable bonds is 8.